The molecule has 0 aliphatic rings. The molecule has 0 aliphatic carbocycles. The Labute approximate surface area is 188 Å². The van der Waals surface area contributed by atoms with Gasteiger partial charge < -0.3 is 14.6 Å². The molecule has 0 aliphatic heterocycles. The molecule has 2 aromatic rings. The lowest BCUT2D eigenvalue weighted by Gasteiger charge is -2.12. The molecular formula is C22H21BrClNO5. The number of aliphatic imine (C=N–C) groups is 1. The summed E-state index contributed by atoms with van der Waals surface area (Å²) in [4.78, 5) is 27.6. The van der Waals surface area contributed by atoms with Crippen LogP contribution in [0, 0.1) is 5.92 Å². The van der Waals surface area contributed by atoms with Crippen LogP contribution >= 0.6 is 27.5 Å². The Morgan fingerprint density at radius 3 is 2.40 bits per heavy atom. The minimum atomic E-state index is -1.01. The van der Waals surface area contributed by atoms with Crippen molar-refractivity contribution in [2.24, 2.45) is 10.9 Å². The molecule has 1 unspecified atom stereocenters. The molecule has 0 aromatic heterocycles. The van der Waals surface area contributed by atoms with E-state index in [1.165, 1.54) is 25.5 Å². The highest BCUT2D eigenvalue weighted by Gasteiger charge is 2.20. The van der Waals surface area contributed by atoms with E-state index in [1.807, 2.05) is 24.3 Å². The quantitative estimate of drug-likeness (QED) is 0.234. The Morgan fingerprint density at radius 2 is 1.83 bits per heavy atom. The molecule has 0 heterocycles. The van der Waals surface area contributed by atoms with E-state index >= 15 is 0 Å². The van der Waals surface area contributed by atoms with Crippen LogP contribution in [0.4, 0.5) is 0 Å². The van der Waals surface area contributed by atoms with Crippen LogP contribution in [0.3, 0.4) is 0 Å². The van der Waals surface area contributed by atoms with Crippen molar-refractivity contribution in [2.75, 3.05) is 7.11 Å². The number of carbonyl (C=O) groups excluding carboxylic acids is 1. The fourth-order valence-electron chi connectivity index (χ4n) is 2.47. The number of hydrogen-bond acceptors (Lipinski definition) is 5. The summed E-state index contributed by atoms with van der Waals surface area (Å²) >= 11 is 9.62. The SMILES string of the molecule is COc1cc(C=NC(C(=O)O)C(C)C)cc(Cl)c1OC(=O)/C=C/c1ccc(Br)cc1. The predicted octanol–water partition coefficient (Wildman–Crippen LogP) is 5.26. The van der Waals surface area contributed by atoms with Gasteiger partial charge in [0, 0.05) is 16.8 Å². The van der Waals surface area contributed by atoms with Crippen molar-refractivity contribution in [3.63, 3.8) is 0 Å². The first-order chi connectivity index (χ1) is 14.2. The molecule has 2 rings (SSSR count). The molecule has 8 heteroatoms. The van der Waals surface area contributed by atoms with Crippen molar-refractivity contribution in [3.05, 3.63) is 63.1 Å². The van der Waals surface area contributed by atoms with Crippen molar-refractivity contribution in [1.29, 1.82) is 0 Å². The third-order valence-electron chi connectivity index (χ3n) is 4.00. The van der Waals surface area contributed by atoms with E-state index in [4.69, 9.17) is 21.1 Å². The van der Waals surface area contributed by atoms with Crippen LogP contribution < -0.4 is 9.47 Å². The number of benzene rings is 2. The zero-order valence-corrected chi connectivity index (χ0v) is 19.0. The highest BCUT2D eigenvalue weighted by molar-refractivity contribution is 9.10. The number of rotatable bonds is 8. The fourth-order valence-corrected chi connectivity index (χ4v) is 3.00. The second kappa shape index (κ2) is 10.9. The standard InChI is InChI=1S/C22H21BrClNO5/c1-13(2)20(22(27)28)25-12-15-10-17(24)21(18(11-15)29-3)30-19(26)9-6-14-4-7-16(23)8-5-14/h4-13,20H,1-3H3,(H,27,28)/b9-6+,25-12?. The van der Waals surface area contributed by atoms with E-state index in [0.717, 1.165) is 10.0 Å². The summed E-state index contributed by atoms with van der Waals surface area (Å²) in [7, 11) is 1.41. The summed E-state index contributed by atoms with van der Waals surface area (Å²) in [6.07, 6.45) is 4.31. The van der Waals surface area contributed by atoms with E-state index in [0.29, 0.717) is 5.56 Å². The number of esters is 1. The number of hydrogen-bond donors (Lipinski definition) is 1. The van der Waals surface area contributed by atoms with Crippen LogP contribution in [0.5, 0.6) is 11.5 Å². The lowest BCUT2D eigenvalue weighted by molar-refractivity contribution is -0.139. The van der Waals surface area contributed by atoms with Crippen molar-refractivity contribution in [3.8, 4) is 11.5 Å². The van der Waals surface area contributed by atoms with Crippen LogP contribution in [-0.2, 0) is 9.59 Å². The zero-order chi connectivity index (χ0) is 22.3. The molecule has 158 valence electrons. The van der Waals surface area contributed by atoms with Crippen molar-refractivity contribution >= 4 is 51.8 Å². The zero-order valence-electron chi connectivity index (χ0n) is 16.6. The van der Waals surface area contributed by atoms with Gasteiger partial charge in [0.05, 0.1) is 12.1 Å². The van der Waals surface area contributed by atoms with Gasteiger partial charge in [-0.15, -0.1) is 0 Å². The van der Waals surface area contributed by atoms with Gasteiger partial charge in [0.25, 0.3) is 0 Å². The molecule has 0 spiro atoms. The molecule has 1 atom stereocenters. The second-order valence-corrected chi connectivity index (χ2v) is 7.97. The summed E-state index contributed by atoms with van der Waals surface area (Å²) in [5.74, 6) is -1.51. The minimum Gasteiger partial charge on any atom is -0.493 e. The van der Waals surface area contributed by atoms with Crippen LogP contribution in [0.2, 0.25) is 5.02 Å². The van der Waals surface area contributed by atoms with Crippen LogP contribution in [0.25, 0.3) is 6.08 Å². The maximum atomic E-state index is 12.2. The van der Waals surface area contributed by atoms with Gasteiger partial charge in [0.15, 0.2) is 11.5 Å². The summed E-state index contributed by atoms with van der Waals surface area (Å²) in [6, 6.07) is 9.62. The van der Waals surface area contributed by atoms with Gasteiger partial charge in [0.1, 0.15) is 6.04 Å². The van der Waals surface area contributed by atoms with E-state index in [-0.39, 0.29) is 22.4 Å². The fraction of sp³-hybridized carbons (Fsp3) is 0.227. The van der Waals surface area contributed by atoms with Gasteiger partial charge in [-0.25, -0.2) is 9.59 Å². The first-order valence-electron chi connectivity index (χ1n) is 9.00. The number of aliphatic carboxylic acids is 1. The molecule has 1 N–H and O–H groups in total. The van der Waals surface area contributed by atoms with Gasteiger partial charge in [-0.2, -0.15) is 0 Å². The number of ether oxygens (including phenoxy) is 2. The molecule has 30 heavy (non-hydrogen) atoms. The largest absolute Gasteiger partial charge is 0.493 e. The molecule has 0 fully saturated rings. The van der Waals surface area contributed by atoms with E-state index in [2.05, 4.69) is 20.9 Å². The van der Waals surface area contributed by atoms with E-state index < -0.39 is 18.0 Å². The highest BCUT2D eigenvalue weighted by atomic mass is 79.9. The lowest BCUT2D eigenvalue weighted by atomic mass is 10.1. The number of carboxylic acids is 1. The summed E-state index contributed by atoms with van der Waals surface area (Å²) < 4.78 is 11.6. The van der Waals surface area contributed by atoms with Gasteiger partial charge in [-0.3, -0.25) is 4.99 Å². The van der Waals surface area contributed by atoms with Crippen LogP contribution in [0.1, 0.15) is 25.0 Å². The highest BCUT2D eigenvalue weighted by Crippen LogP contribution is 2.36. The minimum absolute atomic E-state index is 0.0698. The lowest BCUT2D eigenvalue weighted by Crippen LogP contribution is -2.24. The number of methoxy groups -OCH3 is 1. The average Bonchev–Trinajstić information content (AvgIpc) is 2.68. The van der Waals surface area contributed by atoms with E-state index in [9.17, 15) is 14.7 Å². The Balaban J connectivity index is 2.19. The normalized spacial score (nSPS) is 12.5. The van der Waals surface area contributed by atoms with Gasteiger partial charge >= 0.3 is 11.9 Å². The molecule has 0 saturated heterocycles. The second-order valence-electron chi connectivity index (χ2n) is 6.65. The molecule has 0 amide bonds. The summed E-state index contributed by atoms with van der Waals surface area (Å²) in [5.41, 5.74) is 1.35. The van der Waals surface area contributed by atoms with Gasteiger partial charge in [0.2, 0.25) is 0 Å². The third-order valence-corrected chi connectivity index (χ3v) is 4.81. The first-order valence-corrected chi connectivity index (χ1v) is 10.2. The summed E-state index contributed by atoms with van der Waals surface area (Å²) in [5, 5.41) is 9.37. The Bertz CT molecular complexity index is 970. The van der Waals surface area contributed by atoms with Gasteiger partial charge in [-0.05, 0) is 47.4 Å². The summed E-state index contributed by atoms with van der Waals surface area (Å²) in [6.45, 7) is 3.54. The molecular weight excluding hydrogens is 474 g/mol. The number of carbonyl (C=O) groups is 2. The van der Waals surface area contributed by atoms with Crippen LogP contribution in [0.15, 0.2) is 51.9 Å². The third kappa shape index (κ3) is 6.71. The van der Waals surface area contributed by atoms with Crippen molar-refractivity contribution in [2.45, 2.75) is 19.9 Å². The molecule has 2 aromatic carbocycles. The number of halogens is 2. The Morgan fingerprint density at radius 1 is 1.17 bits per heavy atom. The maximum absolute atomic E-state index is 12.2. The van der Waals surface area contributed by atoms with Crippen molar-refractivity contribution in [1.82, 2.24) is 0 Å². The molecule has 0 radical (unpaired) electrons. The average molecular weight is 495 g/mol. The number of carboxylic acid groups (broad SMARTS) is 1. The Kier molecular flexibility index (Phi) is 8.62. The smallest absolute Gasteiger partial charge is 0.336 e. The number of nitrogens with zero attached hydrogens (tertiary/aromatic N) is 1. The molecule has 0 saturated carbocycles. The first kappa shape index (κ1) is 23.6. The maximum Gasteiger partial charge on any atom is 0.336 e. The molecule has 6 nitrogen and oxygen atoms in total. The van der Waals surface area contributed by atoms with Crippen molar-refractivity contribution < 1.29 is 24.2 Å². The monoisotopic (exact) mass is 493 g/mol. The topological polar surface area (TPSA) is 85.2 Å². The van der Waals surface area contributed by atoms with Gasteiger partial charge in [-0.1, -0.05) is 53.5 Å². The molecule has 0 bridgehead atoms. The van der Waals surface area contributed by atoms with Crippen LogP contribution in [-0.4, -0.2) is 36.4 Å². The van der Waals surface area contributed by atoms with E-state index in [1.54, 1.807) is 26.0 Å². The predicted molar refractivity (Wildman–Crippen MR) is 121 cm³/mol. The Hall–Kier alpha value is -2.64.